The number of benzene rings is 1. The molecule has 0 aliphatic heterocycles. The molecule has 0 fully saturated rings. The van der Waals surface area contributed by atoms with Gasteiger partial charge in [0.1, 0.15) is 0 Å². The van der Waals surface area contributed by atoms with Crippen LogP contribution in [0.1, 0.15) is 25.3 Å². The molecule has 20 heavy (non-hydrogen) atoms. The van der Waals surface area contributed by atoms with Crippen LogP contribution in [0.3, 0.4) is 0 Å². The number of nitrogens with one attached hydrogen (secondary N) is 1. The molecule has 5 nitrogen and oxygen atoms in total. The summed E-state index contributed by atoms with van der Waals surface area (Å²) in [5.74, 6) is -1.23. The van der Waals surface area contributed by atoms with Gasteiger partial charge in [0.05, 0.1) is 18.6 Å². The summed E-state index contributed by atoms with van der Waals surface area (Å²) in [4.78, 5) is 23.5. The molecule has 1 aromatic carbocycles. The fourth-order valence-corrected chi connectivity index (χ4v) is 1.59. The average molecular weight is 301 g/mol. The number of methoxy groups -OCH3 is 1. The molecule has 0 aliphatic carbocycles. The third-order valence-electron chi connectivity index (χ3n) is 2.74. The van der Waals surface area contributed by atoms with E-state index in [0.29, 0.717) is 0 Å². The van der Waals surface area contributed by atoms with Crippen LogP contribution in [0.5, 0.6) is 0 Å². The summed E-state index contributed by atoms with van der Waals surface area (Å²) in [5.41, 5.74) is 5.51. The smallest absolute Gasteiger partial charge is 0.314 e. The highest BCUT2D eigenvalue weighted by atomic mass is 35.5. The lowest BCUT2D eigenvalue weighted by Crippen LogP contribution is -2.50. The van der Waals surface area contributed by atoms with Crippen LogP contribution in [0.25, 0.3) is 0 Å². The zero-order valence-electron chi connectivity index (χ0n) is 11.9. The van der Waals surface area contributed by atoms with Crippen LogP contribution >= 0.6 is 12.4 Å². The molecule has 1 rings (SSSR count). The third kappa shape index (κ3) is 5.19. The van der Waals surface area contributed by atoms with Gasteiger partial charge in [-0.1, -0.05) is 30.3 Å². The highest BCUT2D eigenvalue weighted by Crippen LogP contribution is 2.16. The quantitative estimate of drug-likeness (QED) is 0.801. The Morgan fingerprint density at radius 3 is 2.30 bits per heavy atom. The van der Waals surface area contributed by atoms with Crippen molar-refractivity contribution in [1.29, 1.82) is 0 Å². The van der Waals surface area contributed by atoms with Crippen molar-refractivity contribution >= 4 is 24.3 Å². The van der Waals surface area contributed by atoms with E-state index in [1.54, 1.807) is 13.8 Å². The molecular formula is C14H21ClN2O3. The molecule has 0 aliphatic rings. The second-order valence-corrected chi connectivity index (χ2v) is 4.92. The number of carbonyl (C=O) groups is 2. The second kappa shape index (κ2) is 7.87. The zero-order valence-corrected chi connectivity index (χ0v) is 12.7. The minimum atomic E-state index is -0.975. The molecule has 0 saturated heterocycles. The van der Waals surface area contributed by atoms with Gasteiger partial charge in [-0.25, -0.2) is 0 Å². The van der Waals surface area contributed by atoms with Crippen LogP contribution in [0.4, 0.5) is 0 Å². The number of rotatable bonds is 5. The molecule has 0 aromatic heterocycles. The predicted octanol–water partition coefficient (Wildman–Crippen LogP) is 1.22. The maximum Gasteiger partial charge on any atom is 0.314 e. The predicted molar refractivity (Wildman–Crippen MR) is 79.7 cm³/mol. The topological polar surface area (TPSA) is 81.4 Å². The summed E-state index contributed by atoms with van der Waals surface area (Å²) in [6.07, 6.45) is 0. The van der Waals surface area contributed by atoms with Crippen molar-refractivity contribution < 1.29 is 14.3 Å². The van der Waals surface area contributed by atoms with Crippen molar-refractivity contribution in [1.82, 2.24) is 5.32 Å². The van der Waals surface area contributed by atoms with Crippen molar-refractivity contribution in [3.63, 3.8) is 0 Å². The largest absolute Gasteiger partial charge is 0.468 e. The van der Waals surface area contributed by atoms with Gasteiger partial charge in [0.2, 0.25) is 5.91 Å². The zero-order chi connectivity index (χ0) is 14.5. The fourth-order valence-electron chi connectivity index (χ4n) is 1.59. The summed E-state index contributed by atoms with van der Waals surface area (Å²) in [7, 11) is 1.33. The lowest BCUT2D eigenvalue weighted by molar-refractivity contribution is -0.142. The van der Waals surface area contributed by atoms with E-state index in [1.807, 2.05) is 30.3 Å². The lowest BCUT2D eigenvalue weighted by atomic mass is 9.98. The Bertz CT molecular complexity index is 443. The van der Waals surface area contributed by atoms with E-state index in [2.05, 4.69) is 5.32 Å². The van der Waals surface area contributed by atoms with Gasteiger partial charge < -0.3 is 15.8 Å². The second-order valence-electron chi connectivity index (χ2n) is 4.92. The Hall–Kier alpha value is -1.59. The summed E-state index contributed by atoms with van der Waals surface area (Å²) in [6.45, 7) is 3.38. The highest BCUT2D eigenvalue weighted by Gasteiger charge is 2.26. The Balaban J connectivity index is 0.00000361. The van der Waals surface area contributed by atoms with Gasteiger partial charge in [0.15, 0.2) is 0 Å². The summed E-state index contributed by atoms with van der Waals surface area (Å²) >= 11 is 0. The van der Waals surface area contributed by atoms with Crippen LogP contribution in [0.2, 0.25) is 0 Å². The number of hydrogen-bond donors (Lipinski definition) is 2. The first-order valence-electron chi connectivity index (χ1n) is 6.06. The first-order chi connectivity index (χ1) is 8.86. The molecular weight excluding hydrogens is 280 g/mol. The molecule has 0 bridgehead atoms. The van der Waals surface area contributed by atoms with Gasteiger partial charge in [-0.15, -0.1) is 12.4 Å². The molecule has 1 unspecified atom stereocenters. The normalized spacial score (nSPS) is 12.0. The number of halogens is 1. The number of ether oxygens (including phenoxy) is 1. The SMILES string of the molecule is COC(=O)C(CNC(=O)C(C)(C)N)c1ccccc1.Cl. The van der Waals surface area contributed by atoms with Gasteiger partial charge in [-0.05, 0) is 19.4 Å². The van der Waals surface area contributed by atoms with E-state index in [0.717, 1.165) is 5.56 Å². The maximum atomic E-state index is 11.8. The Morgan fingerprint density at radius 2 is 1.85 bits per heavy atom. The van der Waals surface area contributed by atoms with Crippen LogP contribution in [-0.2, 0) is 14.3 Å². The average Bonchev–Trinajstić information content (AvgIpc) is 2.38. The number of esters is 1. The summed E-state index contributed by atoms with van der Waals surface area (Å²) < 4.78 is 4.76. The Morgan fingerprint density at radius 1 is 1.30 bits per heavy atom. The standard InChI is InChI=1S/C14H20N2O3.ClH/c1-14(2,15)13(18)16-9-11(12(17)19-3)10-7-5-4-6-8-10;/h4-8,11H,9,15H2,1-3H3,(H,16,18);1H. The molecule has 0 spiro atoms. The minimum absolute atomic E-state index is 0. The highest BCUT2D eigenvalue weighted by molar-refractivity contribution is 5.86. The molecule has 1 amide bonds. The van der Waals surface area contributed by atoms with E-state index in [1.165, 1.54) is 7.11 Å². The van der Waals surface area contributed by atoms with Crippen LogP contribution < -0.4 is 11.1 Å². The molecule has 112 valence electrons. The van der Waals surface area contributed by atoms with E-state index in [9.17, 15) is 9.59 Å². The Labute approximate surface area is 125 Å². The summed E-state index contributed by atoms with van der Waals surface area (Å²) in [5, 5.41) is 2.67. The lowest BCUT2D eigenvalue weighted by Gasteiger charge is -2.21. The van der Waals surface area contributed by atoms with Crippen molar-refractivity contribution in [3.8, 4) is 0 Å². The number of hydrogen-bond acceptors (Lipinski definition) is 4. The third-order valence-corrected chi connectivity index (χ3v) is 2.74. The molecule has 1 aromatic rings. The minimum Gasteiger partial charge on any atom is -0.468 e. The number of nitrogens with two attached hydrogens (primary N) is 1. The van der Waals surface area contributed by atoms with E-state index >= 15 is 0 Å². The molecule has 6 heteroatoms. The summed E-state index contributed by atoms with van der Waals surface area (Å²) in [6, 6.07) is 9.17. The van der Waals surface area contributed by atoms with Gasteiger partial charge in [-0.3, -0.25) is 9.59 Å². The molecule has 3 N–H and O–H groups in total. The van der Waals surface area contributed by atoms with E-state index in [4.69, 9.17) is 10.5 Å². The Kier molecular flexibility index (Phi) is 7.24. The molecule has 0 saturated carbocycles. The molecule has 0 heterocycles. The van der Waals surface area contributed by atoms with E-state index < -0.39 is 11.5 Å². The van der Waals surface area contributed by atoms with Crippen molar-refractivity contribution in [2.75, 3.05) is 13.7 Å². The number of amides is 1. The fraction of sp³-hybridized carbons (Fsp3) is 0.429. The first-order valence-corrected chi connectivity index (χ1v) is 6.06. The van der Waals surface area contributed by atoms with Gasteiger partial charge in [0.25, 0.3) is 0 Å². The van der Waals surface area contributed by atoms with Gasteiger partial charge in [-0.2, -0.15) is 0 Å². The van der Waals surface area contributed by atoms with Crippen molar-refractivity contribution in [2.24, 2.45) is 5.73 Å². The molecule has 1 atom stereocenters. The molecule has 0 radical (unpaired) electrons. The first kappa shape index (κ1) is 18.4. The van der Waals surface area contributed by atoms with Crippen LogP contribution in [0, 0.1) is 0 Å². The van der Waals surface area contributed by atoms with Gasteiger partial charge >= 0.3 is 5.97 Å². The number of carbonyl (C=O) groups excluding carboxylic acids is 2. The van der Waals surface area contributed by atoms with E-state index in [-0.39, 0.29) is 30.8 Å². The van der Waals surface area contributed by atoms with Crippen molar-refractivity contribution in [3.05, 3.63) is 35.9 Å². The van der Waals surface area contributed by atoms with Crippen LogP contribution in [0.15, 0.2) is 30.3 Å². The maximum absolute atomic E-state index is 11.8. The monoisotopic (exact) mass is 300 g/mol. The van der Waals surface area contributed by atoms with Gasteiger partial charge in [0, 0.05) is 6.54 Å². The van der Waals surface area contributed by atoms with Crippen LogP contribution in [-0.4, -0.2) is 31.1 Å². The van der Waals surface area contributed by atoms with Crippen molar-refractivity contribution in [2.45, 2.75) is 25.3 Å².